The van der Waals surface area contributed by atoms with E-state index in [9.17, 15) is 0 Å². The highest BCUT2D eigenvalue weighted by atomic mass is 35.5. The van der Waals surface area contributed by atoms with Crippen LogP contribution in [0.3, 0.4) is 0 Å². The van der Waals surface area contributed by atoms with Crippen LogP contribution in [0.4, 0.5) is 5.69 Å². The van der Waals surface area contributed by atoms with Crippen molar-refractivity contribution in [2.24, 2.45) is 11.3 Å². The highest BCUT2D eigenvalue weighted by molar-refractivity contribution is 6.30. The number of anilines is 1. The predicted molar refractivity (Wildman–Crippen MR) is 87.9 cm³/mol. The van der Waals surface area contributed by atoms with Crippen molar-refractivity contribution in [1.82, 2.24) is 5.32 Å². The average molecular weight is 295 g/mol. The molecule has 0 heterocycles. The Balaban J connectivity index is 1.90. The quantitative estimate of drug-likeness (QED) is 0.751. The van der Waals surface area contributed by atoms with Gasteiger partial charge in [0, 0.05) is 23.8 Å². The highest BCUT2D eigenvalue weighted by Crippen LogP contribution is 2.42. The summed E-state index contributed by atoms with van der Waals surface area (Å²) in [4.78, 5) is 0. The molecule has 3 heteroatoms. The van der Waals surface area contributed by atoms with E-state index in [0.717, 1.165) is 29.7 Å². The Morgan fingerprint density at radius 1 is 1.25 bits per heavy atom. The number of nitrogens with one attached hydrogen (secondary N) is 1. The fraction of sp³-hybridized carbons (Fsp3) is 0.647. The molecule has 0 saturated heterocycles. The maximum Gasteiger partial charge on any atom is 0.0429 e. The molecule has 1 aromatic rings. The van der Waals surface area contributed by atoms with Gasteiger partial charge in [0.2, 0.25) is 0 Å². The summed E-state index contributed by atoms with van der Waals surface area (Å²) in [6, 6.07) is 5.79. The molecule has 112 valence electrons. The molecule has 0 spiro atoms. The van der Waals surface area contributed by atoms with Crippen molar-refractivity contribution < 1.29 is 0 Å². The molecule has 0 radical (unpaired) electrons. The van der Waals surface area contributed by atoms with E-state index in [4.69, 9.17) is 17.3 Å². The summed E-state index contributed by atoms with van der Waals surface area (Å²) >= 11 is 6.04. The Morgan fingerprint density at radius 2 is 1.95 bits per heavy atom. The van der Waals surface area contributed by atoms with Gasteiger partial charge in [-0.3, -0.25) is 0 Å². The zero-order valence-corrected chi connectivity index (χ0v) is 13.5. The van der Waals surface area contributed by atoms with Crippen molar-refractivity contribution in [3.05, 3.63) is 28.8 Å². The Hall–Kier alpha value is -0.730. The van der Waals surface area contributed by atoms with Crippen LogP contribution in [0.25, 0.3) is 0 Å². The van der Waals surface area contributed by atoms with Crippen LogP contribution in [0, 0.1) is 11.3 Å². The zero-order chi connectivity index (χ0) is 14.6. The highest BCUT2D eigenvalue weighted by Gasteiger charge is 2.33. The smallest absolute Gasteiger partial charge is 0.0429 e. The van der Waals surface area contributed by atoms with Gasteiger partial charge in [-0.2, -0.15) is 0 Å². The van der Waals surface area contributed by atoms with Gasteiger partial charge < -0.3 is 11.1 Å². The lowest BCUT2D eigenvalue weighted by atomic mass is 9.78. The Labute approximate surface area is 128 Å². The van der Waals surface area contributed by atoms with Crippen LogP contribution in [0.5, 0.6) is 0 Å². The maximum absolute atomic E-state index is 6.04. The number of halogens is 1. The van der Waals surface area contributed by atoms with Crippen molar-refractivity contribution >= 4 is 17.3 Å². The first kappa shape index (κ1) is 15.7. The van der Waals surface area contributed by atoms with Gasteiger partial charge in [0.1, 0.15) is 0 Å². The van der Waals surface area contributed by atoms with Gasteiger partial charge in [-0.15, -0.1) is 0 Å². The van der Waals surface area contributed by atoms with Crippen LogP contribution in [-0.2, 0) is 6.54 Å². The first-order valence-corrected chi connectivity index (χ1v) is 8.13. The second-order valence-electron chi connectivity index (χ2n) is 6.80. The summed E-state index contributed by atoms with van der Waals surface area (Å²) in [5.74, 6) is 0.775. The van der Waals surface area contributed by atoms with Gasteiger partial charge in [-0.05, 0) is 54.4 Å². The standard InChI is InChI=1S/C17H27ClN2/c1-13(2)10-17(5-3-4-6-17)12-20-11-14-7-15(18)9-16(19)8-14/h7-9,13,20H,3-6,10-12,19H2,1-2H3. The van der Waals surface area contributed by atoms with Crippen LogP contribution >= 0.6 is 11.6 Å². The van der Waals surface area contributed by atoms with Crippen LogP contribution in [-0.4, -0.2) is 6.54 Å². The molecular weight excluding hydrogens is 268 g/mol. The van der Waals surface area contributed by atoms with Crippen LogP contribution in [0.15, 0.2) is 18.2 Å². The van der Waals surface area contributed by atoms with Crippen molar-refractivity contribution in [2.75, 3.05) is 12.3 Å². The molecule has 1 aromatic carbocycles. The maximum atomic E-state index is 6.04. The molecule has 2 nitrogen and oxygen atoms in total. The fourth-order valence-corrected chi connectivity index (χ4v) is 3.96. The SMILES string of the molecule is CC(C)CC1(CNCc2cc(N)cc(Cl)c2)CCCC1. The largest absolute Gasteiger partial charge is 0.399 e. The van der Waals surface area contributed by atoms with E-state index in [0.29, 0.717) is 5.41 Å². The molecule has 0 amide bonds. The molecule has 0 bridgehead atoms. The summed E-state index contributed by atoms with van der Waals surface area (Å²) in [5.41, 5.74) is 8.26. The molecule has 20 heavy (non-hydrogen) atoms. The lowest BCUT2D eigenvalue weighted by Crippen LogP contribution is -2.33. The van der Waals surface area contributed by atoms with Gasteiger partial charge in [0.15, 0.2) is 0 Å². The van der Waals surface area contributed by atoms with E-state index in [-0.39, 0.29) is 0 Å². The molecular formula is C17H27ClN2. The molecule has 0 atom stereocenters. The minimum atomic E-state index is 0.512. The lowest BCUT2D eigenvalue weighted by molar-refractivity contribution is 0.223. The van der Waals surface area contributed by atoms with Gasteiger partial charge in [-0.25, -0.2) is 0 Å². The Bertz CT molecular complexity index is 416. The summed E-state index contributed by atoms with van der Waals surface area (Å²) in [6.45, 7) is 6.62. The summed E-state index contributed by atoms with van der Waals surface area (Å²) < 4.78 is 0. The number of rotatable bonds is 6. The molecule has 0 aliphatic heterocycles. The zero-order valence-electron chi connectivity index (χ0n) is 12.7. The summed E-state index contributed by atoms with van der Waals surface area (Å²) in [7, 11) is 0. The molecule has 1 aliphatic carbocycles. The predicted octanol–water partition coefficient (Wildman–Crippen LogP) is 4.62. The third-order valence-electron chi connectivity index (χ3n) is 4.31. The fourth-order valence-electron chi connectivity index (χ4n) is 3.69. The Morgan fingerprint density at radius 3 is 2.55 bits per heavy atom. The van der Waals surface area contributed by atoms with Crippen LogP contribution < -0.4 is 11.1 Å². The molecule has 3 N–H and O–H groups in total. The van der Waals surface area contributed by atoms with E-state index in [1.54, 1.807) is 6.07 Å². The van der Waals surface area contributed by atoms with E-state index < -0.39 is 0 Å². The van der Waals surface area contributed by atoms with E-state index in [2.05, 4.69) is 19.2 Å². The van der Waals surface area contributed by atoms with Crippen LogP contribution in [0.2, 0.25) is 5.02 Å². The topological polar surface area (TPSA) is 38.0 Å². The van der Waals surface area contributed by atoms with Crippen molar-refractivity contribution in [1.29, 1.82) is 0 Å². The van der Waals surface area contributed by atoms with E-state index in [1.807, 2.05) is 12.1 Å². The van der Waals surface area contributed by atoms with Crippen molar-refractivity contribution in [3.63, 3.8) is 0 Å². The molecule has 2 rings (SSSR count). The third kappa shape index (κ3) is 4.39. The summed E-state index contributed by atoms with van der Waals surface area (Å²) in [6.07, 6.45) is 6.85. The Kier molecular flexibility index (Phi) is 5.34. The minimum absolute atomic E-state index is 0.512. The first-order valence-electron chi connectivity index (χ1n) is 7.75. The van der Waals surface area contributed by atoms with E-state index in [1.165, 1.54) is 37.7 Å². The molecule has 1 aliphatic rings. The lowest BCUT2D eigenvalue weighted by Gasteiger charge is -2.31. The van der Waals surface area contributed by atoms with Crippen molar-refractivity contribution in [3.8, 4) is 0 Å². The van der Waals surface area contributed by atoms with Crippen LogP contribution in [0.1, 0.15) is 51.5 Å². The third-order valence-corrected chi connectivity index (χ3v) is 4.53. The number of nitrogen functional groups attached to an aromatic ring is 1. The molecule has 1 fully saturated rings. The normalized spacial score (nSPS) is 17.8. The number of hydrogen-bond acceptors (Lipinski definition) is 2. The number of hydrogen-bond donors (Lipinski definition) is 2. The van der Waals surface area contributed by atoms with Gasteiger partial charge in [-0.1, -0.05) is 38.3 Å². The van der Waals surface area contributed by atoms with Gasteiger partial charge >= 0.3 is 0 Å². The van der Waals surface area contributed by atoms with E-state index >= 15 is 0 Å². The second-order valence-corrected chi connectivity index (χ2v) is 7.24. The average Bonchev–Trinajstić information content (AvgIpc) is 2.75. The number of nitrogens with two attached hydrogens (primary N) is 1. The minimum Gasteiger partial charge on any atom is -0.399 e. The van der Waals surface area contributed by atoms with Gasteiger partial charge in [0.25, 0.3) is 0 Å². The number of benzene rings is 1. The first-order chi connectivity index (χ1) is 9.49. The van der Waals surface area contributed by atoms with Gasteiger partial charge in [0.05, 0.1) is 0 Å². The summed E-state index contributed by atoms with van der Waals surface area (Å²) in [5, 5.41) is 4.35. The monoisotopic (exact) mass is 294 g/mol. The second kappa shape index (κ2) is 6.82. The van der Waals surface area contributed by atoms with Crippen molar-refractivity contribution in [2.45, 2.75) is 52.5 Å². The molecule has 0 unspecified atom stereocenters. The molecule has 0 aromatic heterocycles. The molecule has 1 saturated carbocycles.